The number of halogens is 2. The van der Waals surface area contributed by atoms with Crippen molar-refractivity contribution in [3.8, 4) is 0 Å². The van der Waals surface area contributed by atoms with Crippen LogP contribution in [0.25, 0.3) is 0 Å². The van der Waals surface area contributed by atoms with E-state index in [2.05, 4.69) is 16.0 Å². The molecule has 1 heterocycles. The maximum atomic E-state index is 13.0. The van der Waals surface area contributed by atoms with Crippen molar-refractivity contribution in [1.29, 1.82) is 0 Å². The molecule has 2 aromatic rings. The molecule has 1 aliphatic rings. The molecule has 3 amide bonds. The summed E-state index contributed by atoms with van der Waals surface area (Å²) in [5.74, 6) is -0.738. The molecule has 3 N–H and O–H groups in total. The molecule has 9 heteroatoms. The Bertz CT molecular complexity index is 939. The summed E-state index contributed by atoms with van der Waals surface area (Å²) in [6.45, 7) is 1.37. The normalized spacial score (nSPS) is 18.7. The highest BCUT2D eigenvalue weighted by Crippen LogP contribution is 2.26. The molecule has 6 nitrogen and oxygen atoms in total. The van der Waals surface area contributed by atoms with Gasteiger partial charge in [-0.1, -0.05) is 23.7 Å². The summed E-state index contributed by atoms with van der Waals surface area (Å²) in [5.41, 5.74) is 1.76. The van der Waals surface area contributed by atoms with Crippen LogP contribution in [0.2, 0.25) is 5.02 Å². The molecule has 2 aromatic carbocycles. The predicted octanol–water partition coefficient (Wildman–Crippen LogP) is 3.22. The zero-order valence-corrected chi connectivity index (χ0v) is 17.1. The third-order valence-electron chi connectivity index (χ3n) is 4.27. The highest BCUT2D eigenvalue weighted by atomic mass is 35.5. The number of nitrogens with one attached hydrogen (secondary N) is 3. The first-order valence-corrected chi connectivity index (χ1v) is 10.3. The third-order valence-corrected chi connectivity index (χ3v) is 5.89. The lowest BCUT2D eigenvalue weighted by atomic mass is 10.1. The maximum Gasteiger partial charge on any atom is 0.247 e. The third kappa shape index (κ3) is 5.71. The van der Waals surface area contributed by atoms with Crippen LogP contribution in [0.1, 0.15) is 12.5 Å². The molecule has 0 spiro atoms. The fraction of sp³-hybridized carbons (Fsp3) is 0.250. The molecule has 0 aromatic heterocycles. The minimum atomic E-state index is -0.675. The zero-order chi connectivity index (χ0) is 21.0. The van der Waals surface area contributed by atoms with E-state index < -0.39 is 6.04 Å². The smallest absolute Gasteiger partial charge is 0.247 e. The second kappa shape index (κ2) is 9.28. The number of hydrogen-bond donors (Lipinski definition) is 3. The quantitative estimate of drug-likeness (QED) is 0.673. The zero-order valence-electron chi connectivity index (χ0n) is 15.5. The Kier molecular flexibility index (Phi) is 6.76. The Labute approximate surface area is 176 Å². The highest BCUT2D eigenvalue weighted by molar-refractivity contribution is 8.00. The van der Waals surface area contributed by atoms with Gasteiger partial charge in [0.05, 0.1) is 16.0 Å². The van der Waals surface area contributed by atoms with Crippen molar-refractivity contribution in [2.75, 3.05) is 16.4 Å². The van der Waals surface area contributed by atoms with Gasteiger partial charge in [0.1, 0.15) is 11.9 Å². The molecule has 29 heavy (non-hydrogen) atoms. The van der Waals surface area contributed by atoms with E-state index in [1.165, 1.54) is 36.9 Å². The molecule has 2 atom stereocenters. The van der Waals surface area contributed by atoms with Crippen molar-refractivity contribution in [2.24, 2.45) is 0 Å². The van der Waals surface area contributed by atoms with Gasteiger partial charge in [0, 0.05) is 18.4 Å². The van der Waals surface area contributed by atoms with Crippen molar-refractivity contribution in [2.45, 2.75) is 24.6 Å². The first-order chi connectivity index (χ1) is 13.8. The van der Waals surface area contributed by atoms with Crippen LogP contribution < -0.4 is 16.0 Å². The summed E-state index contributed by atoms with van der Waals surface area (Å²) >= 11 is 7.50. The van der Waals surface area contributed by atoms with Crippen LogP contribution in [-0.4, -0.2) is 34.8 Å². The van der Waals surface area contributed by atoms with Gasteiger partial charge in [-0.3, -0.25) is 14.4 Å². The minimum absolute atomic E-state index is 0.232. The molecular weight excluding hydrogens is 417 g/mol. The monoisotopic (exact) mass is 435 g/mol. The van der Waals surface area contributed by atoms with Gasteiger partial charge in [-0.15, -0.1) is 11.8 Å². The number of thioether (sulfide) groups is 1. The van der Waals surface area contributed by atoms with E-state index >= 15 is 0 Å². The van der Waals surface area contributed by atoms with E-state index in [1.54, 1.807) is 24.3 Å². The maximum absolute atomic E-state index is 13.0. The van der Waals surface area contributed by atoms with Crippen LogP contribution in [0.5, 0.6) is 0 Å². The van der Waals surface area contributed by atoms with Crippen molar-refractivity contribution in [3.63, 3.8) is 0 Å². The Balaban J connectivity index is 1.56. The first kappa shape index (κ1) is 21.1. The second-order valence-corrected chi connectivity index (χ2v) is 8.22. The van der Waals surface area contributed by atoms with Crippen LogP contribution in [-0.2, 0) is 20.8 Å². The molecule has 0 aliphatic carbocycles. The van der Waals surface area contributed by atoms with E-state index in [-0.39, 0.29) is 28.8 Å². The Morgan fingerprint density at radius 3 is 2.55 bits per heavy atom. The van der Waals surface area contributed by atoms with Crippen molar-refractivity contribution < 1.29 is 18.8 Å². The molecule has 0 bridgehead atoms. The number of rotatable bonds is 5. The molecule has 1 saturated heterocycles. The summed E-state index contributed by atoms with van der Waals surface area (Å²) in [6.07, 6.45) is 0.464. The second-order valence-electron chi connectivity index (χ2n) is 6.58. The molecule has 1 fully saturated rings. The van der Waals surface area contributed by atoms with Crippen molar-refractivity contribution in [3.05, 3.63) is 58.9 Å². The van der Waals surface area contributed by atoms with E-state index in [0.29, 0.717) is 28.6 Å². The van der Waals surface area contributed by atoms with Gasteiger partial charge in [0.15, 0.2) is 0 Å². The van der Waals surface area contributed by atoms with E-state index in [1.807, 2.05) is 0 Å². The largest absolute Gasteiger partial charge is 0.343 e. The standard InChI is InChI=1S/C20H19ClFN3O3S/c1-11(26)23-16-7-6-14(9-15(16)21)24-19(27)17-10-29-18(20(28)25-17)8-12-2-4-13(22)5-3-12/h2-7,9,17-18H,8,10H2,1H3,(H,23,26)(H,24,27)(H,25,28). The molecule has 0 saturated carbocycles. The number of carbonyl (C=O) groups is 3. The molecule has 2 unspecified atom stereocenters. The van der Waals surface area contributed by atoms with Gasteiger partial charge in [0.2, 0.25) is 17.7 Å². The van der Waals surface area contributed by atoms with Crippen LogP contribution in [0.4, 0.5) is 15.8 Å². The predicted molar refractivity (Wildman–Crippen MR) is 113 cm³/mol. The van der Waals surface area contributed by atoms with Crippen LogP contribution in [0.3, 0.4) is 0 Å². The molecule has 3 rings (SSSR count). The summed E-state index contributed by atoms with van der Waals surface area (Å²) in [7, 11) is 0. The lowest BCUT2D eigenvalue weighted by Gasteiger charge is -2.28. The summed E-state index contributed by atoms with van der Waals surface area (Å²) in [4.78, 5) is 36.0. The number of anilines is 2. The van der Waals surface area contributed by atoms with Crippen molar-refractivity contribution >= 4 is 52.5 Å². The Hall–Kier alpha value is -2.58. The van der Waals surface area contributed by atoms with E-state index in [4.69, 9.17) is 11.6 Å². The fourth-order valence-electron chi connectivity index (χ4n) is 2.84. The number of hydrogen-bond acceptors (Lipinski definition) is 4. The molecular formula is C20H19ClFN3O3S. The number of amides is 3. The Morgan fingerprint density at radius 2 is 1.93 bits per heavy atom. The van der Waals surface area contributed by atoms with Gasteiger partial charge in [-0.25, -0.2) is 4.39 Å². The van der Waals surface area contributed by atoms with Gasteiger partial charge < -0.3 is 16.0 Å². The minimum Gasteiger partial charge on any atom is -0.343 e. The molecule has 0 radical (unpaired) electrons. The summed E-state index contributed by atoms with van der Waals surface area (Å²) in [5, 5.41) is 7.99. The van der Waals surface area contributed by atoms with Crippen LogP contribution >= 0.6 is 23.4 Å². The highest BCUT2D eigenvalue weighted by Gasteiger charge is 2.32. The van der Waals surface area contributed by atoms with Crippen molar-refractivity contribution in [1.82, 2.24) is 5.32 Å². The van der Waals surface area contributed by atoms with Gasteiger partial charge >= 0.3 is 0 Å². The van der Waals surface area contributed by atoms with E-state index in [0.717, 1.165) is 5.56 Å². The summed E-state index contributed by atoms with van der Waals surface area (Å²) in [6, 6.07) is 10.1. The average Bonchev–Trinajstić information content (AvgIpc) is 2.67. The lowest BCUT2D eigenvalue weighted by Crippen LogP contribution is -2.52. The van der Waals surface area contributed by atoms with Gasteiger partial charge in [0.25, 0.3) is 0 Å². The molecule has 1 aliphatic heterocycles. The van der Waals surface area contributed by atoms with Gasteiger partial charge in [-0.05, 0) is 42.3 Å². The topological polar surface area (TPSA) is 87.3 Å². The van der Waals surface area contributed by atoms with Crippen LogP contribution in [0.15, 0.2) is 42.5 Å². The average molecular weight is 436 g/mol. The van der Waals surface area contributed by atoms with Gasteiger partial charge in [-0.2, -0.15) is 0 Å². The Morgan fingerprint density at radius 1 is 1.21 bits per heavy atom. The summed E-state index contributed by atoms with van der Waals surface area (Å²) < 4.78 is 13.0. The fourth-order valence-corrected chi connectivity index (χ4v) is 4.25. The van der Waals surface area contributed by atoms with Crippen LogP contribution in [0, 0.1) is 5.82 Å². The lowest BCUT2D eigenvalue weighted by molar-refractivity contribution is -0.126. The van der Waals surface area contributed by atoms with E-state index in [9.17, 15) is 18.8 Å². The first-order valence-electron chi connectivity index (χ1n) is 8.86. The SMILES string of the molecule is CC(=O)Nc1ccc(NC(=O)C2CSC(Cc3ccc(F)cc3)C(=O)N2)cc1Cl. The number of benzene rings is 2. The number of carbonyl (C=O) groups excluding carboxylic acids is 3. The molecule has 152 valence electrons.